The molecule has 0 radical (unpaired) electrons. The fraction of sp³-hybridized carbons (Fsp3) is 0. The van der Waals surface area contributed by atoms with Crippen molar-refractivity contribution in [1.29, 1.82) is 0 Å². The van der Waals surface area contributed by atoms with Gasteiger partial charge in [0.2, 0.25) is 5.82 Å². The smallest absolute Gasteiger partial charge is 0.306 e. The van der Waals surface area contributed by atoms with E-state index < -0.39 is 28.0 Å². The highest BCUT2D eigenvalue weighted by molar-refractivity contribution is 9.10. The van der Waals surface area contributed by atoms with Gasteiger partial charge in [-0.2, -0.15) is 4.39 Å². The molecule has 74 valence electrons. The molecule has 0 amide bonds. The number of hydrogen-bond donors (Lipinski definition) is 0. The van der Waals surface area contributed by atoms with Gasteiger partial charge < -0.3 is 9.90 Å². The maximum Gasteiger partial charge on any atom is 0.306 e. The zero-order chi connectivity index (χ0) is 10.9. The van der Waals surface area contributed by atoms with E-state index in [1.54, 1.807) is 0 Å². The van der Waals surface area contributed by atoms with Gasteiger partial charge in [-0.1, -0.05) is 15.9 Å². The number of rotatable bonds is 2. The maximum atomic E-state index is 13.1. The van der Waals surface area contributed by atoms with Crippen LogP contribution in [0, 0.1) is 15.9 Å². The van der Waals surface area contributed by atoms with Crippen LogP contribution in [-0.2, 0) is 0 Å². The number of halogens is 2. The van der Waals surface area contributed by atoms with Crippen molar-refractivity contribution in [3.8, 4) is 0 Å². The third-order valence-corrected chi connectivity index (χ3v) is 1.89. The molecule has 0 bridgehead atoms. The van der Waals surface area contributed by atoms with Crippen molar-refractivity contribution in [2.75, 3.05) is 0 Å². The molecule has 0 heterocycles. The number of benzene rings is 1. The van der Waals surface area contributed by atoms with Gasteiger partial charge in [-0.05, 0) is 6.07 Å². The van der Waals surface area contributed by atoms with Crippen molar-refractivity contribution < 1.29 is 19.2 Å². The van der Waals surface area contributed by atoms with Crippen LogP contribution in [-0.4, -0.2) is 10.9 Å². The number of carboxylic acids is 1. The van der Waals surface area contributed by atoms with E-state index in [2.05, 4.69) is 15.9 Å². The van der Waals surface area contributed by atoms with Crippen molar-refractivity contribution in [3.63, 3.8) is 0 Å². The minimum Gasteiger partial charge on any atom is -0.545 e. The molecular formula is C7H2BrFNO4-. The highest BCUT2D eigenvalue weighted by atomic mass is 79.9. The van der Waals surface area contributed by atoms with E-state index in [-0.39, 0.29) is 4.47 Å². The van der Waals surface area contributed by atoms with Gasteiger partial charge in [0, 0.05) is 16.1 Å². The van der Waals surface area contributed by atoms with Crippen LogP contribution in [0.3, 0.4) is 0 Å². The number of aromatic carboxylic acids is 1. The van der Waals surface area contributed by atoms with Gasteiger partial charge in [0.1, 0.15) is 0 Å². The molecule has 1 aromatic carbocycles. The first-order valence-electron chi connectivity index (χ1n) is 3.28. The molecule has 0 spiro atoms. The molecule has 0 aliphatic heterocycles. The zero-order valence-electron chi connectivity index (χ0n) is 6.49. The van der Waals surface area contributed by atoms with Gasteiger partial charge in [0.25, 0.3) is 0 Å². The summed E-state index contributed by atoms with van der Waals surface area (Å²) in [6.45, 7) is 0. The molecule has 0 aromatic heterocycles. The molecule has 0 aliphatic rings. The van der Waals surface area contributed by atoms with Gasteiger partial charge in [-0.25, -0.2) is 0 Å². The molecule has 1 aromatic rings. The third kappa shape index (κ3) is 1.87. The van der Waals surface area contributed by atoms with E-state index in [0.29, 0.717) is 0 Å². The second-order valence-corrected chi connectivity index (χ2v) is 3.25. The fourth-order valence-corrected chi connectivity index (χ4v) is 1.30. The molecule has 0 fully saturated rings. The van der Waals surface area contributed by atoms with Gasteiger partial charge in [0.15, 0.2) is 0 Å². The summed E-state index contributed by atoms with van der Waals surface area (Å²) < 4.78 is 13.2. The number of carbonyl (C=O) groups excluding carboxylic acids is 1. The Labute approximate surface area is 85.4 Å². The normalized spacial score (nSPS) is 9.86. The minimum absolute atomic E-state index is 0.102. The lowest BCUT2D eigenvalue weighted by atomic mass is 10.2. The quantitative estimate of drug-likeness (QED) is 0.585. The number of nitro benzene ring substituents is 1. The van der Waals surface area contributed by atoms with Crippen LogP contribution in [0.5, 0.6) is 0 Å². The molecule has 0 saturated heterocycles. The second-order valence-electron chi connectivity index (χ2n) is 2.33. The Kier molecular flexibility index (Phi) is 2.80. The summed E-state index contributed by atoms with van der Waals surface area (Å²) >= 11 is 2.82. The van der Waals surface area contributed by atoms with E-state index in [4.69, 9.17) is 0 Å². The van der Waals surface area contributed by atoms with Crippen molar-refractivity contribution in [2.45, 2.75) is 0 Å². The highest BCUT2D eigenvalue weighted by Gasteiger charge is 2.19. The maximum absolute atomic E-state index is 13.1. The van der Waals surface area contributed by atoms with Gasteiger partial charge in [-0.3, -0.25) is 10.1 Å². The van der Waals surface area contributed by atoms with E-state index in [1.165, 1.54) is 0 Å². The molecule has 14 heavy (non-hydrogen) atoms. The standard InChI is InChI=1S/C7H3BrFNO4/c8-3-1-4(7(11)12)6(9)5(2-3)10(13)14/h1-2H,(H,11,12)/p-1. The summed E-state index contributed by atoms with van der Waals surface area (Å²) in [6, 6.07) is 1.78. The van der Waals surface area contributed by atoms with Gasteiger partial charge in [-0.15, -0.1) is 0 Å². The summed E-state index contributed by atoms with van der Waals surface area (Å²) in [7, 11) is 0. The Morgan fingerprint density at radius 2 is 2.07 bits per heavy atom. The minimum atomic E-state index is -1.80. The van der Waals surface area contributed by atoms with Crippen LogP contribution < -0.4 is 5.11 Å². The van der Waals surface area contributed by atoms with Crippen molar-refractivity contribution in [2.24, 2.45) is 0 Å². The summed E-state index contributed by atoms with van der Waals surface area (Å²) in [4.78, 5) is 19.6. The molecule has 0 unspecified atom stereocenters. The zero-order valence-corrected chi connectivity index (χ0v) is 8.08. The number of nitro groups is 1. The van der Waals surface area contributed by atoms with E-state index >= 15 is 0 Å². The van der Waals surface area contributed by atoms with Crippen LogP contribution in [0.15, 0.2) is 16.6 Å². The Morgan fingerprint density at radius 3 is 2.50 bits per heavy atom. The van der Waals surface area contributed by atoms with Crippen LogP contribution in [0.1, 0.15) is 10.4 Å². The molecule has 5 nitrogen and oxygen atoms in total. The van der Waals surface area contributed by atoms with Crippen molar-refractivity contribution >= 4 is 27.6 Å². The monoisotopic (exact) mass is 262 g/mol. The molecular weight excluding hydrogens is 261 g/mol. The summed E-state index contributed by atoms with van der Waals surface area (Å²) in [5.74, 6) is -3.20. The van der Waals surface area contributed by atoms with Crippen LogP contribution in [0.4, 0.5) is 10.1 Å². The molecule has 0 N–H and O–H groups in total. The Morgan fingerprint density at radius 1 is 1.50 bits per heavy atom. The Bertz CT molecular complexity index is 385. The SMILES string of the molecule is O=C([O-])c1cc(Br)cc([N+](=O)[O-])c1F. The first-order valence-corrected chi connectivity index (χ1v) is 4.07. The van der Waals surface area contributed by atoms with Crippen molar-refractivity contribution in [3.05, 3.63) is 38.1 Å². The number of carboxylic acid groups (broad SMARTS) is 1. The fourth-order valence-electron chi connectivity index (χ4n) is 0.856. The average Bonchev–Trinajstić information content (AvgIpc) is 2.07. The molecule has 7 heteroatoms. The first kappa shape index (κ1) is 10.6. The van der Waals surface area contributed by atoms with E-state index in [1.807, 2.05) is 0 Å². The highest BCUT2D eigenvalue weighted by Crippen LogP contribution is 2.25. The number of hydrogen-bond acceptors (Lipinski definition) is 4. The van der Waals surface area contributed by atoms with E-state index in [0.717, 1.165) is 12.1 Å². The first-order chi connectivity index (χ1) is 6.43. The van der Waals surface area contributed by atoms with Crippen LogP contribution in [0.2, 0.25) is 0 Å². The van der Waals surface area contributed by atoms with Gasteiger partial charge >= 0.3 is 5.69 Å². The molecule has 0 atom stereocenters. The molecule has 1 rings (SSSR count). The lowest BCUT2D eigenvalue weighted by Gasteiger charge is -2.04. The third-order valence-electron chi connectivity index (χ3n) is 1.43. The lowest BCUT2D eigenvalue weighted by Crippen LogP contribution is -2.24. The van der Waals surface area contributed by atoms with Crippen molar-refractivity contribution in [1.82, 2.24) is 0 Å². The second kappa shape index (κ2) is 3.70. The van der Waals surface area contributed by atoms with Crippen LogP contribution >= 0.6 is 15.9 Å². The largest absolute Gasteiger partial charge is 0.545 e. The summed E-state index contributed by atoms with van der Waals surface area (Å²) in [5, 5.41) is 20.6. The lowest BCUT2D eigenvalue weighted by molar-refractivity contribution is -0.387. The molecule has 0 aliphatic carbocycles. The van der Waals surface area contributed by atoms with Crippen LogP contribution in [0.25, 0.3) is 0 Å². The summed E-state index contributed by atoms with van der Waals surface area (Å²) in [6.07, 6.45) is 0. The van der Waals surface area contributed by atoms with Gasteiger partial charge in [0.05, 0.1) is 10.9 Å². The predicted molar refractivity (Wildman–Crippen MR) is 45.1 cm³/mol. The molecule has 0 saturated carbocycles. The van der Waals surface area contributed by atoms with E-state index in [9.17, 15) is 24.4 Å². The average molecular weight is 263 g/mol. The number of nitrogens with zero attached hydrogens (tertiary/aromatic N) is 1. The topological polar surface area (TPSA) is 83.3 Å². The Hall–Kier alpha value is -1.50. The predicted octanol–water partition coefficient (Wildman–Crippen LogP) is 0.860. The number of carbonyl (C=O) groups is 1. The summed E-state index contributed by atoms with van der Waals surface area (Å²) in [5.41, 5.74) is -1.75. The Balaban J connectivity index is 3.47.